The van der Waals surface area contributed by atoms with Gasteiger partial charge < -0.3 is 9.73 Å². The number of nitrogens with zero attached hydrogens (tertiary/aromatic N) is 4. The van der Waals surface area contributed by atoms with E-state index < -0.39 is 0 Å². The van der Waals surface area contributed by atoms with Crippen molar-refractivity contribution in [1.82, 2.24) is 5.32 Å². The fraction of sp³-hybridized carbons (Fsp3) is 0.158. The SMILES string of the molecule is CC(C)NC(=O)c1cccc(C2=C[N+]3(N)N=C(c4ccco4)N=C3C=N2)c1. The molecular formula is C19H19N6O2+. The van der Waals surface area contributed by atoms with Crippen molar-refractivity contribution in [2.75, 3.05) is 0 Å². The fourth-order valence-electron chi connectivity index (χ4n) is 2.81. The molecule has 2 aliphatic heterocycles. The van der Waals surface area contributed by atoms with Crippen molar-refractivity contribution in [1.29, 1.82) is 0 Å². The number of nitrogens with two attached hydrogens (primary N) is 1. The molecule has 0 radical (unpaired) electrons. The van der Waals surface area contributed by atoms with E-state index in [0.717, 1.165) is 5.56 Å². The van der Waals surface area contributed by atoms with Gasteiger partial charge in [0.05, 0.1) is 6.26 Å². The largest absolute Gasteiger partial charge is 0.461 e. The van der Waals surface area contributed by atoms with Crippen LogP contribution in [0.3, 0.4) is 0 Å². The molecule has 27 heavy (non-hydrogen) atoms. The number of carbonyl (C=O) groups is 1. The first-order valence-electron chi connectivity index (χ1n) is 8.53. The van der Waals surface area contributed by atoms with Crippen LogP contribution in [0.1, 0.15) is 35.5 Å². The topological polar surface area (TPSA) is 105 Å². The van der Waals surface area contributed by atoms with Gasteiger partial charge in [-0.3, -0.25) is 4.79 Å². The number of amides is 1. The summed E-state index contributed by atoms with van der Waals surface area (Å²) in [6.45, 7) is 3.84. The summed E-state index contributed by atoms with van der Waals surface area (Å²) in [5.74, 6) is 7.68. The molecule has 4 rings (SSSR count). The Kier molecular flexibility index (Phi) is 4.06. The van der Waals surface area contributed by atoms with Crippen LogP contribution < -0.4 is 11.2 Å². The molecule has 0 saturated heterocycles. The van der Waals surface area contributed by atoms with Crippen LogP contribution in [0.5, 0.6) is 0 Å². The fourth-order valence-corrected chi connectivity index (χ4v) is 2.81. The van der Waals surface area contributed by atoms with Gasteiger partial charge in [-0.15, -0.1) is 5.84 Å². The quantitative estimate of drug-likeness (QED) is 0.643. The Morgan fingerprint density at radius 3 is 2.85 bits per heavy atom. The number of benzene rings is 1. The van der Waals surface area contributed by atoms with E-state index in [2.05, 4.69) is 20.4 Å². The number of rotatable bonds is 4. The van der Waals surface area contributed by atoms with Gasteiger partial charge in [0.15, 0.2) is 12.0 Å². The third kappa shape index (κ3) is 3.23. The smallest absolute Gasteiger partial charge is 0.300 e. The minimum atomic E-state index is -0.350. The van der Waals surface area contributed by atoms with Crippen LogP contribution in [0.25, 0.3) is 5.70 Å². The van der Waals surface area contributed by atoms with Crippen molar-refractivity contribution in [3.63, 3.8) is 0 Å². The van der Waals surface area contributed by atoms with Gasteiger partial charge in [0, 0.05) is 17.2 Å². The zero-order valence-electron chi connectivity index (χ0n) is 15.0. The summed E-state index contributed by atoms with van der Waals surface area (Å²) >= 11 is 0. The lowest BCUT2D eigenvalue weighted by Gasteiger charge is -2.20. The van der Waals surface area contributed by atoms with E-state index in [1.807, 2.05) is 26.0 Å². The maximum absolute atomic E-state index is 12.3. The summed E-state index contributed by atoms with van der Waals surface area (Å²) in [7, 11) is 0. The maximum atomic E-state index is 12.3. The van der Waals surface area contributed by atoms with Gasteiger partial charge in [0.1, 0.15) is 11.9 Å². The zero-order valence-corrected chi connectivity index (χ0v) is 15.0. The molecule has 1 amide bonds. The molecule has 0 bridgehead atoms. The highest BCUT2D eigenvalue weighted by Gasteiger charge is 2.40. The minimum Gasteiger partial charge on any atom is -0.461 e. The second-order valence-electron chi connectivity index (χ2n) is 6.59. The van der Waals surface area contributed by atoms with Crippen LogP contribution in [0.2, 0.25) is 0 Å². The molecule has 0 saturated carbocycles. The summed E-state index contributed by atoms with van der Waals surface area (Å²) in [5, 5.41) is 7.32. The van der Waals surface area contributed by atoms with Gasteiger partial charge in [0.25, 0.3) is 17.6 Å². The molecule has 8 heteroatoms. The molecule has 0 aliphatic carbocycles. The summed E-state index contributed by atoms with van der Waals surface area (Å²) in [5.41, 5.74) is 1.94. The molecule has 0 fully saturated rings. The van der Waals surface area contributed by atoms with E-state index in [0.29, 0.717) is 28.7 Å². The Morgan fingerprint density at radius 1 is 1.26 bits per heavy atom. The highest BCUT2D eigenvalue weighted by Crippen LogP contribution is 2.26. The summed E-state index contributed by atoms with van der Waals surface area (Å²) < 4.78 is 4.99. The number of hydrogen-bond acceptors (Lipinski definition) is 6. The van der Waals surface area contributed by atoms with Gasteiger partial charge >= 0.3 is 0 Å². The van der Waals surface area contributed by atoms with Crippen molar-refractivity contribution in [3.05, 3.63) is 65.7 Å². The first kappa shape index (κ1) is 17.1. The van der Waals surface area contributed by atoms with E-state index in [1.54, 1.807) is 42.9 Å². The lowest BCUT2D eigenvalue weighted by Crippen LogP contribution is -2.50. The Balaban J connectivity index is 1.66. The molecule has 1 aromatic heterocycles. The molecule has 136 valence electrons. The predicted octanol–water partition coefficient (Wildman–Crippen LogP) is 2.27. The van der Waals surface area contributed by atoms with E-state index in [4.69, 9.17) is 10.3 Å². The van der Waals surface area contributed by atoms with E-state index in [9.17, 15) is 4.79 Å². The molecule has 2 aromatic rings. The highest BCUT2D eigenvalue weighted by atomic mass is 16.3. The van der Waals surface area contributed by atoms with Gasteiger partial charge in [-0.05, 0) is 47.9 Å². The minimum absolute atomic E-state index is 0.0590. The highest BCUT2D eigenvalue weighted by molar-refractivity contribution is 6.32. The van der Waals surface area contributed by atoms with Crippen LogP contribution >= 0.6 is 0 Å². The molecule has 1 aromatic carbocycles. The molecule has 1 atom stereocenters. The lowest BCUT2D eigenvalue weighted by molar-refractivity contribution is -0.802. The van der Waals surface area contributed by atoms with Gasteiger partial charge in [-0.1, -0.05) is 12.1 Å². The molecule has 3 N–H and O–H groups in total. The average molecular weight is 363 g/mol. The summed E-state index contributed by atoms with van der Waals surface area (Å²) in [4.78, 5) is 21.1. The summed E-state index contributed by atoms with van der Waals surface area (Å²) in [6.07, 6.45) is 4.82. The lowest BCUT2D eigenvalue weighted by atomic mass is 10.1. The monoisotopic (exact) mass is 363 g/mol. The zero-order chi connectivity index (χ0) is 19.0. The number of furan rings is 1. The Morgan fingerprint density at radius 2 is 2.11 bits per heavy atom. The average Bonchev–Trinajstić information content (AvgIpc) is 3.27. The Labute approximate surface area is 156 Å². The van der Waals surface area contributed by atoms with Crippen LogP contribution in [-0.2, 0) is 0 Å². The number of nitrogens with one attached hydrogen (secondary N) is 1. The number of carbonyl (C=O) groups excluding carboxylic acids is 1. The molecule has 2 aliphatic rings. The third-order valence-corrected chi connectivity index (χ3v) is 4.07. The van der Waals surface area contributed by atoms with Gasteiger partial charge in [0.2, 0.25) is 0 Å². The van der Waals surface area contributed by atoms with Crippen LogP contribution in [0, 0.1) is 0 Å². The second kappa shape index (κ2) is 6.42. The van der Waals surface area contributed by atoms with Crippen LogP contribution in [-0.4, -0.2) is 34.5 Å². The Hall–Kier alpha value is -3.36. The van der Waals surface area contributed by atoms with Crippen LogP contribution in [0.4, 0.5) is 0 Å². The molecule has 3 heterocycles. The maximum Gasteiger partial charge on any atom is 0.300 e. The van der Waals surface area contributed by atoms with Crippen molar-refractivity contribution in [2.24, 2.45) is 20.9 Å². The third-order valence-electron chi connectivity index (χ3n) is 4.07. The van der Waals surface area contributed by atoms with E-state index in [1.165, 1.54) is 0 Å². The van der Waals surface area contributed by atoms with Crippen molar-refractivity contribution in [3.8, 4) is 0 Å². The van der Waals surface area contributed by atoms with Crippen molar-refractivity contribution < 1.29 is 13.9 Å². The van der Waals surface area contributed by atoms with Gasteiger partial charge in [-0.2, -0.15) is 4.99 Å². The number of amidine groups is 2. The van der Waals surface area contributed by atoms with E-state index in [-0.39, 0.29) is 16.7 Å². The Bertz CT molecular complexity index is 1020. The molecular weight excluding hydrogens is 344 g/mol. The predicted molar refractivity (Wildman–Crippen MR) is 103 cm³/mol. The van der Waals surface area contributed by atoms with Gasteiger partial charge in [-0.25, -0.2) is 4.99 Å². The van der Waals surface area contributed by atoms with E-state index >= 15 is 0 Å². The normalized spacial score (nSPS) is 20.8. The number of fused-ring (bicyclic) bond motifs is 1. The van der Waals surface area contributed by atoms with Crippen molar-refractivity contribution in [2.45, 2.75) is 19.9 Å². The number of aliphatic imine (C=N–C) groups is 2. The molecule has 8 nitrogen and oxygen atoms in total. The first-order chi connectivity index (χ1) is 12.9. The van der Waals surface area contributed by atoms with Crippen molar-refractivity contribution >= 4 is 29.5 Å². The molecule has 1 unspecified atom stereocenters. The second-order valence-corrected chi connectivity index (χ2v) is 6.59. The first-order valence-corrected chi connectivity index (χ1v) is 8.53. The molecule has 0 spiro atoms. The van der Waals surface area contributed by atoms with Crippen LogP contribution in [0.15, 0.2) is 68.4 Å². The standard InChI is InChI=1S/C19H18N6O2/c1-12(2)22-19(26)14-6-3-5-13(9-14)15-11-25(20)17(10-21-15)23-18(24-25)16-7-4-8-27-16/h3-12H,20H2,1-2H3/p+1. The summed E-state index contributed by atoms with van der Waals surface area (Å²) in [6, 6.07) is 10.8. The number of quaternary nitrogens is 1. The number of hydrogen-bond donors (Lipinski definition) is 2.